The Labute approximate surface area is 136 Å². The molecular weight excluding hydrogens is 300 g/mol. The van der Waals surface area contributed by atoms with E-state index in [9.17, 15) is 4.79 Å². The molecule has 0 saturated heterocycles. The van der Waals surface area contributed by atoms with Gasteiger partial charge in [-0.2, -0.15) is 0 Å². The number of aryl methyl sites for hydroxylation is 1. The predicted octanol–water partition coefficient (Wildman–Crippen LogP) is 4.04. The Kier molecular flexibility index (Phi) is 5.61. The molecule has 0 bridgehead atoms. The third-order valence-corrected chi connectivity index (χ3v) is 3.55. The molecule has 4 nitrogen and oxygen atoms in total. The maximum absolute atomic E-state index is 12.0. The molecule has 0 aliphatic rings. The fourth-order valence-corrected chi connectivity index (χ4v) is 2.35. The van der Waals surface area contributed by atoms with Crippen molar-refractivity contribution in [2.75, 3.05) is 13.6 Å². The van der Waals surface area contributed by atoms with Crippen LogP contribution in [-0.2, 0) is 11.2 Å². The van der Waals surface area contributed by atoms with Gasteiger partial charge in [-0.05, 0) is 30.2 Å². The van der Waals surface area contributed by atoms with Crippen LogP contribution in [0.3, 0.4) is 0 Å². The van der Waals surface area contributed by atoms with E-state index in [1.54, 1.807) is 11.1 Å². The average Bonchev–Trinajstić information content (AvgIpc) is 2.93. The van der Waals surface area contributed by atoms with Crippen LogP contribution in [0.4, 0.5) is 0 Å². The summed E-state index contributed by atoms with van der Waals surface area (Å²) in [5.74, 6) is 1.85. The van der Waals surface area contributed by atoms with Crippen LogP contribution in [0.25, 0.3) is 11.3 Å². The van der Waals surface area contributed by atoms with Gasteiger partial charge in [0.15, 0.2) is 11.7 Å². The second-order valence-electron chi connectivity index (χ2n) is 5.79. The summed E-state index contributed by atoms with van der Waals surface area (Å²) in [5, 5.41) is 0.683. The number of carbonyl (C=O) groups is 1. The minimum Gasteiger partial charge on any atom is -0.441 e. The molecule has 1 heterocycles. The molecule has 0 N–H and O–H groups in total. The van der Waals surface area contributed by atoms with Crippen LogP contribution < -0.4 is 0 Å². The van der Waals surface area contributed by atoms with Crippen molar-refractivity contribution in [1.82, 2.24) is 9.88 Å². The van der Waals surface area contributed by atoms with Crippen LogP contribution in [0.5, 0.6) is 0 Å². The van der Waals surface area contributed by atoms with E-state index >= 15 is 0 Å². The minimum atomic E-state index is 0.111. The molecule has 5 heteroatoms. The zero-order valence-electron chi connectivity index (χ0n) is 13.2. The number of hydrogen-bond donors (Lipinski definition) is 0. The van der Waals surface area contributed by atoms with Crippen molar-refractivity contribution in [3.63, 3.8) is 0 Å². The number of benzene rings is 1. The van der Waals surface area contributed by atoms with Crippen molar-refractivity contribution in [3.05, 3.63) is 41.4 Å². The first kappa shape index (κ1) is 16.6. The van der Waals surface area contributed by atoms with Crippen LogP contribution in [0.1, 0.15) is 26.2 Å². The highest BCUT2D eigenvalue weighted by Crippen LogP contribution is 2.22. The number of aromatic nitrogens is 1. The molecule has 0 unspecified atom stereocenters. The van der Waals surface area contributed by atoms with Crippen molar-refractivity contribution >= 4 is 17.5 Å². The molecule has 1 aromatic carbocycles. The van der Waals surface area contributed by atoms with E-state index in [4.69, 9.17) is 16.0 Å². The normalized spacial score (nSPS) is 11.0. The summed E-state index contributed by atoms with van der Waals surface area (Å²) in [6, 6.07) is 7.38. The molecule has 2 rings (SSSR count). The first-order valence-electron chi connectivity index (χ1n) is 7.40. The Morgan fingerprint density at radius 2 is 2.00 bits per heavy atom. The van der Waals surface area contributed by atoms with Crippen molar-refractivity contribution in [2.24, 2.45) is 5.92 Å². The zero-order chi connectivity index (χ0) is 16.1. The lowest BCUT2D eigenvalue weighted by molar-refractivity contribution is -0.130. The van der Waals surface area contributed by atoms with Crippen LogP contribution in [-0.4, -0.2) is 29.4 Å². The van der Waals surface area contributed by atoms with Crippen LogP contribution in [0, 0.1) is 5.92 Å². The largest absolute Gasteiger partial charge is 0.441 e. The van der Waals surface area contributed by atoms with E-state index in [-0.39, 0.29) is 5.91 Å². The van der Waals surface area contributed by atoms with Crippen LogP contribution in [0.2, 0.25) is 5.02 Å². The fraction of sp³-hybridized carbons (Fsp3) is 0.412. The number of halogens is 1. The number of carbonyl (C=O) groups excluding carboxylic acids is 1. The van der Waals surface area contributed by atoms with Gasteiger partial charge >= 0.3 is 0 Å². The van der Waals surface area contributed by atoms with Gasteiger partial charge in [0.1, 0.15) is 0 Å². The van der Waals surface area contributed by atoms with Crippen molar-refractivity contribution in [3.8, 4) is 11.3 Å². The summed E-state index contributed by atoms with van der Waals surface area (Å²) in [5.41, 5.74) is 0.923. The Balaban J connectivity index is 1.92. The first-order chi connectivity index (χ1) is 10.5. The summed E-state index contributed by atoms with van der Waals surface area (Å²) < 4.78 is 5.70. The monoisotopic (exact) mass is 320 g/mol. The molecule has 118 valence electrons. The van der Waals surface area contributed by atoms with E-state index < -0.39 is 0 Å². The number of hydrogen-bond acceptors (Lipinski definition) is 3. The highest BCUT2D eigenvalue weighted by atomic mass is 35.5. The molecule has 0 aliphatic carbocycles. The van der Waals surface area contributed by atoms with Gasteiger partial charge in [0.25, 0.3) is 0 Å². The fourth-order valence-electron chi connectivity index (χ4n) is 2.23. The molecule has 0 atom stereocenters. The molecule has 1 amide bonds. The van der Waals surface area contributed by atoms with E-state index in [0.29, 0.717) is 35.4 Å². The topological polar surface area (TPSA) is 46.3 Å². The Morgan fingerprint density at radius 1 is 1.32 bits per heavy atom. The van der Waals surface area contributed by atoms with Gasteiger partial charge in [0, 0.05) is 37.0 Å². The highest BCUT2D eigenvalue weighted by molar-refractivity contribution is 6.30. The molecule has 1 aromatic heterocycles. The van der Waals surface area contributed by atoms with Gasteiger partial charge in [0.2, 0.25) is 5.91 Å². The molecule has 0 radical (unpaired) electrons. The van der Waals surface area contributed by atoms with Gasteiger partial charge in [0.05, 0.1) is 6.20 Å². The zero-order valence-corrected chi connectivity index (χ0v) is 13.9. The summed E-state index contributed by atoms with van der Waals surface area (Å²) in [6.07, 6.45) is 2.60. The van der Waals surface area contributed by atoms with E-state index in [0.717, 1.165) is 12.1 Å². The van der Waals surface area contributed by atoms with Gasteiger partial charge < -0.3 is 9.32 Å². The average molecular weight is 321 g/mol. The number of rotatable bonds is 6. The molecule has 22 heavy (non-hydrogen) atoms. The Hall–Kier alpha value is -1.81. The van der Waals surface area contributed by atoms with E-state index in [1.165, 1.54) is 0 Å². The lowest BCUT2D eigenvalue weighted by Gasteiger charge is -2.18. The Bertz CT molecular complexity index is 620. The molecule has 0 saturated carbocycles. The first-order valence-corrected chi connectivity index (χ1v) is 7.78. The third-order valence-electron chi connectivity index (χ3n) is 3.30. The lowest BCUT2D eigenvalue weighted by atomic mass is 10.2. The quantitative estimate of drug-likeness (QED) is 0.807. The number of amides is 1. The van der Waals surface area contributed by atoms with Crippen molar-refractivity contribution in [1.29, 1.82) is 0 Å². The second-order valence-corrected chi connectivity index (χ2v) is 6.23. The van der Waals surface area contributed by atoms with Gasteiger partial charge in [-0.1, -0.05) is 25.4 Å². The van der Waals surface area contributed by atoms with E-state index in [2.05, 4.69) is 18.8 Å². The second kappa shape index (κ2) is 7.45. The maximum atomic E-state index is 12.0. The Morgan fingerprint density at radius 3 is 2.64 bits per heavy atom. The lowest BCUT2D eigenvalue weighted by Crippen LogP contribution is -2.30. The standard InChI is InChI=1S/C17H21ClN2O2/c1-12(2)11-20(3)17(21)9-8-16-19-10-15(22-16)13-4-6-14(18)7-5-13/h4-7,10,12H,8-9,11H2,1-3H3. The summed E-state index contributed by atoms with van der Waals surface area (Å²) in [6.45, 7) is 4.95. The maximum Gasteiger partial charge on any atom is 0.222 e. The molecule has 2 aromatic rings. The minimum absolute atomic E-state index is 0.111. The van der Waals surface area contributed by atoms with Crippen molar-refractivity contribution in [2.45, 2.75) is 26.7 Å². The summed E-state index contributed by atoms with van der Waals surface area (Å²) >= 11 is 5.87. The third kappa shape index (κ3) is 4.60. The van der Waals surface area contributed by atoms with Crippen molar-refractivity contribution < 1.29 is 9.21 Å². The van der Waals surface area contributed by atoms with Crippen LogP contribution in [0.15, 0.2) is 34.9 Å². The van der Waals surface area contributed by atoms with Crippen LogP contribution >= 0.6 is 11.6 Å². The van der Waals surface area contributed by atoms with Gasteiger partial charge in [-0.3, -0.25) is 4.79 Å². The molecule has 0 aliphatic heterocycles. The SMILES string of the molecule is CC(C)CN(C)C(=O)CCc1ncc(-c2ccc(Cl)cc2)o1. The number of oxazole rings is 1. The highest BCUT2D eigenvalue weighted by Gasteiger charge is 2.13. The summed E-state index contributed by atoms with van der Waals surface area (Å²) in [7, 11) is 1.83. The van der Waals surface area contributed by atoms with E-state index in [1.807, 2.05) is 31.3 Å². The number of nitrogens with zero attached hydrogens (tertiary/aromatic N) is 2. The smallest absolute Gasteiger partial charge is 0.222 e. The molecule has 0 fully saturated rings. The van der Waals surface area contributed by atoms with Gasteiger partial charge in [-0.25, -0.2) is 4.98 Å². The molecule has 0 spiro atoms. The summed E-state index contributed by atoms with van der Waals surface area (Å²) in [4.78, 5) is 18.0. The molecular formula is C17H21ClN2O2. The predicted molar refractivity (Wildman–Crippen MR) is 87.7 cm³/mol. The van der Waals surface area contributed by atoms with Gasteiger partial charge in [-0.15, -0.1) is 0 Å².